The van der Waals surface area contributed by atoms with E-state index in [2.05, 4.69) is 10.3 Å². The van der Waals surface area contributed by atoms with Gasteiger partial charge < -0.3 is 15.3 Å². The second-order valence-electron chi connectivity index (χ2n) is 7.11. The highest BCUT2D eigenvalue weighted by atomic mass is 16.3. The van der Waals surface area contributed by atoms with E-state index in [1.54, 1.807) is 29.4 Å². The average Bonchev–Trinajstić information content (AvgIpc) is 2.75. The van der Waals surface area contributed by atoms with E-state index >= 15 is 0 Å². The Morgan fingerprint density at radius 1 is 1.14 bits per heavy atom. The largest absolute Gasteiger partial charge is 0.394 e. The van der Waals surface area contributed by atoms with E-state index in [0.717, 1.165) is 11.1 Å². The van der Waals surface area contributed by atoms with Gasteiger partial charge in [-0.25, -0.2) is 0 Å². The van der Waals surface area contributed by atoms with Gasteiger partial charge in [0.1, 0.15) is 0 Å². The summed E-state index contributed by atoms with van der Waals surface area (Å²) in [5.74, 6) is -0.257. The molecule has 0 spiro atoms. The molecule has 3 atom stereocenters. The molecule has 6 heteroatoms. The normalized spacial score (nSPS) is 21.1. The maximum absolute atomic E-state index is 12.5. The van der Waals surface area contributed by atoms with Crippen molar-refractivity contribution in [3.8, 4) is 0 Å². The predicted molar refractivity (Wildman–Crippen MR) is 112 cm³/mol. The van der Waals surface area contributed by atoms with E-state index in [1.165, 1.54) is 0 Å². The third-order valence-electron chi connectivity index (χ3n) is 5.42. The lowest BCUT2D eigenvalue weighted by atomic mass is 9.74. The van der Waals surface area contributed by atoms with Gasteiger partial charge in [0.15, 0.2) is 0 Å². The number of rotatable bonds is 7. The van der Waals surface area contributed by atoms with Gasteiger partial charge in [0.05, 0.1) is 18.7 Å². The Labute approximate surface area is 171 Å². The zero-order valence-electron chi connectivity index (χ0n) is 16.8. The monoisotopic (exact) mass is 393 g/mol. The van der Waals surface area contributed by atoms with Crippen molar-refractivity contribution >= 4 is 17.9 Å². The molecule has 1 aromatic heterocycles. The van der Waals surface area contributed by atoms with Gasteiger partial charge in [0, 0.05) is 36.8 Å². The van der Waals surface area contributed by atoms with Gasteiger partial charge in [-0.2, -0.15) is 0 Å². The second-order valence-corrected chi connectivity index (χ2v) is 7.11. The lowest BCUT2D eigenvalue weighted by Crippen LogP contribution is -2.68. The number of pyridine rings is 1. The number of benzene rings is 1. The van der Waals surface area contributed by atoms with Crippen LogP contribution < -0.4 is 5.32 Å². The quantitative estimate of drug-likeness (QED) is 0.758. The van der Waals surface area contributed by atoms with Crippen LogP contribution in [0.15, 0.2) is 54.9 Å². The molecule has 2 heterocycles. The molecule has 0 aliphatic carbocycles. The summed E-state index contributed by atoms with van der Waals surface area (Å²) in [6.45, 7) is 3.99. The lowest BCUT2D eigenvalue weighted by Gasteiger charge is -2.55. The smallest absolute Gasteiger partial charge is 0.251 e. The van der Waals surface area contributed by atoms with Crippen molar-refractivity contribution in [2.75, 3.05) is 13.2 Å². The van der Waals surface area contributed by atoms with Crippen molar-refractivity contribution < 1.29 is 14.7 Å². The van der Waals surface area contributed by atoms with Gasteiger partial charge in [0.25, 0.3) is 5.91 Å². The maximum Gasteiger partial charge on any atom is 0.251 e. The highest BCUT2D eigenvalue weighted by Crippen LogP contribution is 2.41. The van der Waals surface area contributed by atoms with Gasteiger partial charge in [-0.3, -0.25) is 14.6 Å². The summed E-state index contributed by atoms with van der Waals surface area (Å²) >= 11 is 0. The van der Waals surface area contributed by atoms with Crippen LogP contribution in [-0.2, 0) is 4.79 Å². The van der Waals surface area contributed by atoms with Crippen molar-refractivity contribution in [3.63, 3.8) is 0 Å². The van der Waals surface area contributed by atoms with Crippen LogP contribution in [0.5, 0.6) is 0 Å². The molecule has 29 heavy (non-hydrogen) atoms. The Bertz CT molecular complexity index is 865. The molecule has 1 aliphatic heterocycles. The van der Waals surface area contributed by atoms with Crippen LogP contribution in [0.1, 0.15) is 47.7 Å². The molecule has 3 rings (SSSR count). The standard InChI is InChI=1S/C23H27N3O3/c1-3-5-16-6-8-17(9-7-16)22-19(26(20(22)15-27)21(28)4-2)14-25-23(29)18-10-12-24-13-11-18/h3,5-13,19-20,22,27H,4,14-15H2,1-2H3,(H,25,29)/t19-,20+,22-/m1/s1. The number of allylic oxidation sites excluding steroid dienone is 1. The molecule has 0 saturated carbocycles. The minimum Gasteiger partial charge on any atom is -0.394 e. The molecule has 1 aliphatic rings. The number of carbonyl (C=O) groups excluding carboxylic acids is 2. The Morgan fingerprint density at radius 3 is 2.41 bits per heavy atom. The summed E-state index contributed by atoms with van der Waals surface area (Å²) in [5, 5.41) is 12.9. The molecule has 0 bridgehead atoms. The minimum atomic E-state index is -0.280. The fourth-order valence-corrected chi connectivity index (χ4v) is 3.99. The van der Waals surface area contributed by atoms with Gasteiger partial charge in [0.2, 0.25) is 5.91 Å². The molecule has 1 saturated heterocycles. The van der Waals surface area contributed by atoms with Gasteiger partial charge in [-0.15, -0.1) is 0 Å². The second kappa shape index (κ2) is 9.47. The molecule has 1 aromatic carbocycles. The minimum absolute atomic E-state index is 0.0194. The lowest BCUT2D eigenvalue weighted by molar-refractivity contribution is -0.149. The third-order valence-corrected chi connectivity index (χ3v) is 5.42. The molecule has 0 radical (unpaired) electrons. The molecule has 2 amide bonds. The van der Waals surface area contributed by atoms with E-state index in [0.29, 0.717) is 18.5 Å². The number of nitrogens with one attached hydrogen (secondary N) is 1. The topological polar surface area (TPSA) is 82.5 Å². The summed E-state index contributed by atoms with van der Waals surface area (Å²) in [5.41, 5.74) is 2.68. The summed E-state index contributed by atoms with van der Waals surface area (Å²) in [7, 11) is 0. The number of likely N-dealkylation sites (tertiary alicyclic amines) is 1. The van der Waals surface area contributed by atoms with Crippen LogP contribution in [0.4, 0.5) is 0 Å². The number of aromatic nitrogens is 1. The van der Waals surface area contributed by atoms with Gasteiger partial charge in [-0.05, 0) is 30.2 Å². The first-order valence-corrected chi connectivity index (χ1v) is 9.93. The van der Waals surface area contributed by atoms with Crippen molar-refractivity contribution in [3.05, 3.63) is 71.6 Å². The summed E-state index contributed by atoms with van der Waals surface area (Å²) in [6, 6.07) is 11.0. The number of hydrogen-bond acceptors (Lipinski definition) is 4. The molecule has 2 aromatic rings. The first-order valence-electron chi connectivity index (χ1n) is 9.93. The van der Waals surface area contributed by atoms with E-state index in [-0.39, 0.29) is 36.4 Å². The van der Waals surface area contributed by atoms with Crippen LogP contribution in [0.2, 0.25) is 0 Å². The molecular weight excluding hydrogens is 366 g/mol. The number of aliphatic hydroxyl groups excluding tert-OH is 1. The third kappa shape index (κ3) is 4.38. The number of hydrogen-bond donors (Lipinski definition) is 2. The van der Waals surface area contributed by atoms with Crippen LogP contribution in [0.25, 0.3) is 6.08 Å². The summed E-state index contributed by atoms with van der Waals surface area (Å²) < 4.78 is 0. The Balaban J connectivity index is 1.80. The van der Waals surface area contributed by atoms with Crippen molar-refractivity contribution in [2.45, 2.75) is 38.3 Å². The maximum atomic E-state index is 12.5. The Morgan fingerprint density at radius 2 is 1.83 bits per heavy atom. The van der Waals surface area contributed by atoms with E-state index in [1.807, 2.05) is 50.3 Å². The van der Waals surface area contributed by atoms with Crippen LogP contribution in [-0.4, -0.2) is 52.0 Å². The number of nitrogens with zero attached hydrogens (tertiary/aromatic N) is 2. The van der Waals surface area contributed by atoms with Crippen molar-refractivity contribution in [1.29, 1.82) is 0 Å². The van der Waals surface area contributed by atoms with E-state index in [9.17, 15) is 14.7 Å². The van der Waals surface area contributed by atoms with Gasteiger partial charge >= 0.3 is 0 Å². The summed E-state index contributed by atoms with van der Waals surface area (Å²) in [4.78, 5) is 30.6. The predicted octanol–water partition coefficient (Wildman–Crippen LogP) is 2.61. The highest BCUT2D eigenvalue weighted by molar-refractivity contribution is 5.94. The number of aliphatic hydroxyl groups is 1. The molecule has 152 valence electrons. The van der Waals surface area contributed by atoms with Crippen LogP contribution >= 0.6 is 0 Å². The first kappa shape index (κ1) is 20.7. The highest BCUT2D eigenvalue weighted by Gasteiger charge is 2.50. The molecule has 2 N–H and O–H groups in total. The van der Waals surface area contributed by atoms with Crippen molar-refractivity contribution in [2.24, 2.45) is 0 Å². The van der Waals surface area contributed by atoms with Gasteiger partial charge in [-0.1, -0.05) is 43.3 Å². The van der Waals surface area contributed by atoms with Crippen LogP contribution in [0.3, 0.4) is 0 Å². The SMILES string of the molecule is CC=Cc1ccc([C@@H]2[C@@H](CNC(=O)c3ccncc3)N(C(=O)CC)[C@H]2CO)cc1. The average molecular weight is 393 g/mol. The summed E-state index contributed by atoms with van der Waals surface area (Å²) in [6.07, 6.45) is 7.50. The fourth-order valence-electron chi connectivity index (χ4n) is 3.99. The number of amides is 2. The molecule has 1 fully saturated rings. The fraction of sp³-hybridized carbons (Fsp3) is 0.348. The van der Waals surface area contributed by atoms with Crippen molar-refractivity contribution in [1.82, 2.24) is 15.2 Å². The molecule has 6 nitrogen and oxygen atoms in total. The van der Waals surface area contributed by atoms with E-state index in [4.69, 9.17) is 0 Å². The molecule has 0 unspecified atom stereocenters. The molecular formula is C23H27N3O3. The zero-order chi connectivity index (χ0) is 20.8. The zero-order valence-corrected chi connectivity index (χ0v) is 16.8. The Hall–Kier alpha value is -2.99. The Kier molecular flexibility index (Phi) is 6.77. The van der Waals surface area contributed by atoms with E-state index < -0.39 is 0 Å². The first-order chi connectivity index (χ1) is 14.1. The van der Waals surface area contributed by atoms with Crippen LogP contribution in [0, 0.1) is 0 Å². The number of carbonyl (C=O) groups is 2.